The topological polar surface area (TPSA) is 55.8 Å². The van der Waals surface area contributed by atoms with Gasteiger partial charge in [-0.05, 0) is 38.8 Å². The van der Waals surface area contributed by atoms with Gasteiger partial charge in [0.1, 0.15) is 5.60 Å². The number of nitrogens with zero attached hydrogens (tertiary/aromatic N) is 1. The van der Waals surface area contributed by atoms with E-state index in [1.54, 1.807) is 11.0 Å². The second-order valence-corrected chi connectivity index (χ2v) is 7.06. The number of methoxy groups -OCH3 is 1. The molecule has 0 radical (unpaired) electrons. The van der Waals surface area contributed by atoms with Crippen molar-refractivity contribution in [2.24, 2.45) is 0 Å². The maximum Gasteiger partial charge on any atom is 0.410 e. The van der Waals surface area contributed by atoms with E-state index in [4.69, 9.17) is 4.74 Å². The van der Waals surface area contributed by atoms with Gasteiger partial charge >= 0.3 is 12.1 Å². The van der Waals surface area contributed by atoms with Crippen molar-refractivity contribution < 1.29 is 19.1 Å². The Morgan fingerprint density at radius 2 is 1.92 bits per heavy atom. The summed E-state index contributed by atoms with van der Waals surface area (Å²) in [6, 6.07) is 7.72. The monoisotopic (exact) mass is 397 g/mol. The molecule has 5 nitrogen and oxygen atoms in total. The van der Waals surface area contributed by atoms with Crippen LogP contribution in [0.25, 0.3) is 0 Å². The number of halogens is 1. The van der Waals surface area contributed by atoms with E-state index in [2.05, 4.69) is 20.7 Å². The number of carbonyl (C=O) groups excluding carboxylic acids is 2. The molecule has 1 amide bonds. The van der Waals surface area contributed by atoms with Crippen molar-refractivity contribution in [3.05, 3.63) is 46.5 Å². The van der Waals surface area contributed by atoms with E-state index in [-0.39, 0.29) is 6.09 Å². The maximum absolute atomic E-state index is 12.4. The van der Waals surface area contributed by atoms with Crippen LogP contribution in [0.3, 0.4) is 0 Å². The zero-order valence-corrected chi connectivity index (χ0v) is 16.1. The molecule has 0 unspecified atom stereocenters. The Bertz CT molecular complexity index is 593. The van der Waals surface area contributed by atoms with Gasteiger partial charge in [-0.1, -0.05) is 40.2 Å². The zero-order chi connectivity index (χ0) is 18.2. The fourth-order valence-corrected chi connectivity index (χ4v) is 2.28. The summed E-state index contributed by atoms with van der Waals surface area (Å²) in [6.07, 6.45) is 3.18. The van der Waals surface area contributed by atoms with Gasteiger partial charge in [-0.25, -0.2) is 9.59 Å². The predicted molar refractivity (Wildman–Crippen MR) is 96.6 cm³/mol. The summed E-state index contributed by atoms with van der Waals surface area (Å²) in [5.41, 5.74) is 0.422. The number of benzene rings is 1. The highest BCUT2D eigenvalue weighted by Crippen LogP contribution is 2.19. The predicted octanol–water partition coefficient (Wildman–Crippen LogP) is 4.31. The van der Waals surface area contributed by atoms with E-state index in [1.165, 1.54) is 13.2 Å². The minimum absolute atomic E-state index is 0.385. The van der Waals surface area contributed by atoms with E-state index in [0.29, 0.717) is 19.5 Å². The number of amides is 1. The molecular formula is C18H24BrNO4. The van der Waals surface area contributed by atoms with Gasteiger partial charge < -0.3 is 14.4 Å². The molecule has 1 aromatic rings. The third kappa shape index (κ3) is 7.64. The second kappa shape index (κ2) is 9.47. The number of hydrogen-bond donors (Lipinski definition) is 0. The molecule has 6 heteroatoms. The van der Waals surface area contributed by atoms with Crippen LogP contribution in [0.15, 0.2) is 40.9 Å². The molecule has 0 aliphatic heterocycles. The summed E-state index contributed by atoms with van der Waals surface area (Å²) in [7, 11) is 1.33. The maximum atomic E-state index is 12.4. The molecule has 0 fully saturated rings. The Balaban J connectivity index is 2.79. The van der Waals surface area contributed by atoms with Gasteiger partial charge in [-0.2, -0.15) is 0 Å². The highest BCUT2D eigenvalue weighted by molar-refractivity contribution is 9.10. The largest absolute Gasteiger partial charge is 0.466 e. The quantitative estimate of drug-likeness (QED) is 0.530. The molecule has 24 heavy (non-hydrogen) atoms. The van der Waals surface area contributed by atoms with Crippen LogP contribution in [0.5, 0.6) is 0 Å². The van der Waals surface area contributed by atoms with Crippen molar-refractivity contribution in [3.63, 3.8) is 0 Å². The van der Waals surface area contributed by atoms with Crippen molar-refractivity contribution in [3.8, 4) is 0 Å². The lowest BCUT2D eigenvalue weighted by Gasteiger charge is -2.27. The highest BCUT2D eigenvalue weighted by Gasteiger charge is 2.22. The minimum atomic E-state index is -0.564. The molecule has 132 valence electrons. The minimum Gasteiger partial charge on any atom is -0.466 e. The fraction of sp³-hybridized carbons (Fsp3) is 0.444. The average molecular weight is 398 g/mol. The first-order chi connectivity index (χ1) is 11.2. The van der Waals surface area contributed by atoms with Crippen molar-refractivity contribution in [1.82, 2.24) is 4.90 Å². The summed E-state index contributed by atoms with van der Waals surface area (Å²) in [6.45, 7) is 6.35. The molecule has 0 aliphatic carbocycles. The second-order valence-electron chi connectivity index (χ2n) is 6.21. The number of ether oxygens (including phenoxy) is 2. The summed E-state index contributed by atoms with van der Waals surface area (Å²) in [5, 5.41) is 0. The van der Waals surface area contributed by atoms with E-state index in [9.17, 15) is 9.59 Å². The number of rotatable bonds is 6. The van der Waals surface area contributed by atoms with Crippen LogP contribution in [0.1, 0.15) is 32.8 Å². The van der Waals surface area contributed by atoms with Gasteiger partial charge in [0.25, 0.3) is 0 Å². The van der Waals surface area contributed by atoms with Gasteiger partial charge in [0.05, 0.1) is 13.7 Å². The van der Waals surface area contributed by atoms with Crippen molar-refractivity contribution in [1.29, 1.82) is 0 Å². The molecule has 1 aromatic carbocycles. The first-order valence-corrected chi connectivity index (χ1v) is 8.48. The molecule has 0 heterocycles. The van der Waals surface area contributed by atoms with Crippen molar-refractivity contribution in [2.45, 2.75) is 39.3 Å². The van der Waals surface area contributed by atoms with E-state index in [0.717, 1.165) is 10.0 Å². The molecule has 0 aliphatic rings. The van der Waals surface area contributed by atoms with Crippen LogP contribution < -0.4 is 0 Å². The molecule has 0 spiro atoms. The summed E-state index contributed by atoms with van der Waals surface area (Å²) in [5.74, 6) is -0.412. The summed E-state index contributed by atoms with van der Waals surface area (Å²) < 4.78 is 10.9. The van der Waals surface area contributed by atoms with Crippen LogP contribution >= 0.6 is 15.9 Å². The Morgan fingerprint density at radius 1 is 1.25 bits per heavy atom. The van der Waals surface area contributed by atoms with Gasteiger partial charge in [-0.3, -0.25) is 0 Å². The van der Waals surface area contributed by atoms with Gasteiger partial charge in [0, 0.05) is 17.1 Å². The van der Waals surface area contributed by atoms with Gasteiger partial charge in [0.15, 0.2) is 0 Å². The molecule has 0 atom stereocenters. The lowest BCUT2D eigenvalue weighted by atomic mass is 10.2. The normalized spacial score (nSPS) is 11.4. The molecule has 0 aromatic heterocycles. The van der Waals surface area contributed by atoms with Crippen LogP contribution in [0, 0.1) is 0 Å². The summed E-state index contributed by atoms with van der Waals surface area (Å²) >= 11 is 3.49. The Labute approximate surface area is 151 Å². The third-order valence-electron chi connectivity index (χ3n) is 2.99. The van der Waals surface area contributed by atoms with E-state index < -0.39 is 11.6 Å². The number of hydrogen-bond acceptors (Lipinski definition) is 4. The fourth-order valence-electron chi connectivity index (χ4n) is 1.87. The molecular weight excluding hydrogens is 374 g/mol. The van der Waals surface area contributed by atoms with Crippen LogP contribution in [-0.4, -0.2) is 36.2 Å². The number of esters is 1. The Kier molecular flexibility index (Phi) is 7.98. The Morgan fingerprint density at radius 3 is 2.50 bits per heavy atom. The van der Waals surface area contributed by atoms with Gasteiger partial charge in [-0.15, -0.1) is 0 Å². The van der Waals surface area contributed by atoms with Crippen molar-refractivity contribution in [2.75, 3.05) is 13.7 Å². The SMILES string of the molecule is COC(=O)C=CCCN(Cc1ccccc1Br)C(=O)OC(C)(C)C. The molecule has 1 rings (SSSR count). The first-order valence-electron chi connectivity index (χ1n) is 7.69. The standard InChI is InChI=1S/C18H24BrNO4/c1-18(2,3)24-17(22)20(12-8-7-11-16(21)23-4)13-14-9-5-6-10-15(14)19/h5-7,9-11H,8,12-13H2,1-4H3. The highest BCUT2D eigenvalue weighted by atomic mass is 79.9. The van der Waals surface area contributed by atoms with Gasteiger partial charge in [0.2, 0.25) is 0 Å². The lowest BCUT2D eigenvalue weighted by Crippen LogP contribution is -2.37. The smallest absolute Gasteiger partial charge is 0.410 e. The molecule has 0 N–H and O–H groups in total. The summed E-state index contributed by atoms with van der Waals surface area (Å²) in [4.78, 5) is 25.1. The number of carbonyl (C=O) groups is 2. The molecule has 0 bridgehead atoms. The first kappa shape index (κ1) is 20.2. The molecule has 0 saturated heterocycles. The zero-order valence-electron chi connectivity index (χ0n) is 14.5. The Hall–Kier alpha value is -1.82. The van der Waals surface area contributed by atoms with Crippen LogP contribution in [0.4, 0.5) is 4.79 Å². The molecule has 0 saturated carbocycles. The van der Waals surface area contributed by atoms with Crippen molar-refractivity contribution >= 4 is 28.0 Å². The van der Waals surface area contributed by atoms with E-state index >= 15 is 0 Å². The van der Waals surface area contributed by atoms with Crippen LogP contribution in [0.2, 0.25) is 0 Å². The third-order valence-corrected chi connectivity index (χ3v) is 3.77. The lowest BCUT2D eigenvalue weighted by molar-refractivity contribution is -0.134. The van der Waals surface area contributed by atoms with E-state index in [1.807, 2.05) is 45.0 Å². The van der Waals surface area contributed by atoms with Crippen LogP contribution in [-0.2, 0) is 20.8 Å². The average Bonchev–Trinajstić information content (AvgIpc) is 2.50.